The average molecular weight is 229 g/mol. The Morgan fingerprint density at radius 2 is 2.29 bits per heavy atom. The molecule has 0 aliphatic carbocycles. The molecule has 3 N–H and O–H groups in total. The van der Waals surface area contributed by atoms with Crippen LogP contribution in [0.5, 0.6) is 5.88 Å². The van der Waals surface area contributed by atoms with Gasteiger partial charge in [0.05, 0.1) is 5.69 Å². The first-order chi connectivity index (χ1) is 8.33. The lowest BCUT2D eigenvalue weighted by atomic mass is 10.2. The first-order valence-electron chi connectivity index (χ1n) is 5.28. The van der Waals surface area contributed by atoms with Gasteiger partial charge in [-0.1, -0.05) is 0 Å². The van der Waals surface area contributed by atoms with Crippen LogP contribution in [0.15, 0.2) is 24.5 Å². The van der Waals surface area contributed by atoms with Gasteiger partial charge in [-0.05, 0) is 12.1 Å². The lowest BCUT2D eigenvalue weighted by Gasteiger charge is -2.18. The van der Waals surface area contributed by atoms with Crippen LogP contribution < -0.4 is 15.8 Å². The third-order valence-electron chi connectivity index (χ3n) is 2.44. The summed E-state index contributed by atoms with van der Waals surface area (Å²) in [5, 5.41) is 3.21. The molecular weight excluding hydrogens is 218 g/mol. The number of nitrogens with zero attached hydrogens (tertiary/aromatic N) is 3. The van der Waals surface area contributed by atoms with E-state index in [1.807, 2.05) is 6.07 Å². The van der Waals surface area contributed by atoms with E-state index in [0.717, 1.165) is 17.8 Å². The molecule has 0 fully saturated rings. The Morgan fingerprint density at radius 3 is 3.18 bits per heavy atom. The van der Waals surface area contributed by atoms with Gasteiger partial charge in [-0.2, -0.15) is 0 Å². The molecule has 0 spiro atoms. The van der Waals surface area contributed by atoms with Gasteiger partial charge in [-0.15, -0.1) is 0 Å². The van der Waals surface area contributed by atoms with Crippen LogP contribution >= 0.6 is 0 Å². The molecule has 3 heterocycles. The molecule has 1 aliphatic heterocycles. The molecule has 1 aliphatic rings. The van der Waals surface area contributed by atoms with Gasteiger partial charge in [0.15, 0.2) is 5.82 Å². The molecule has 0 unspecified atom stereocenters. The molecule has 0 saturated heterocycles. The minimum atomic E-state index is 0.442. The van der Waals surface area contributed by atoms with Crippen molar-refractivity contribution >= 4 is 11.5 Å². The van der Waals surface area contributed by atoms with Crippen molar-refractivity contribution in [2.75, 3.05) is 24.2 Å². The van der Waals surface area contributed by atoms with Gasteiger partial charge < -0.3 is 15.8 Å². The number of aromatic nitrogens is 3. The van der Waals surface area contributed by atoms with E-state index >= 15 is 0 Å². The highest BCUT2D eigenvalue weighted by Crippen LogP contribution is 2.28. The molecule has 2 aromatic heterocycles. The van der Waals surface area contributed by atoms with E-state index in [2.05, 4.69) is 20.3 Å². The van der Waals surface area contributed by atoms with E-state index < -0.39 is 0 Å². The third-order valence-corrected chi connectivity index (χ3v) is 2.44. The lowest BCUT2D eigenvalue weighted by Crippen LogP contribution is -2.18. The van der Waals surface area contributed by atoms with E-state index in [1.165, 1.54) is 0 Å². The van der Waals surface area contributed by atoms with E-state index in [-0.39, 0.29) is 0 Å². The molecule has 0 bridgehead atoms. The largest absolute Gasteiger partial charge is 0.474 e. The second-order valence-electron chi connectivity index (χ2n) is 3.66. The molecule has 2 aromatic rings. The number of fused-ring (bicyclic) bond motifs is 1. The molecule has 0 saturated carbocycles. The average Bonchev–Trinajstić information content (AvgIpc) is 2.38. The standard InChI is InChI=1S/C11H11N5O/c12-9-1-2-14-10(16-9)7-5-8-11(15-6-7)17-4-3-13-8/h1-2,5-6,13H,3-4H2,(H2,12,14,16). The number of hydrogen-bond donors (Lipinski definition) is 2. The van der Waals surface area contributed by atoms with Gasteiger partial charge in [0.25, 0.3) is 0 Å². The number of nitrogens with two attached hydrogens (primary N) is 1. The van der Waals surface area contributed by atoms with Crippen molar-refractivity contribution in [2.24, 2.45) is 0 Å². The summed E-state index contributed by atoms with van der Waals surface area (Å²) in [5.74, 6) is 1.62. The molecule has 0 amide bonds. The number of anilines is 2. The first-order valence-corrected chi connectivity index (χ1v) is 5.28. The normalized spacial score (nSPS) is 13.4. The van der Waals surface area contributed by atoms with Crippen molar-refractivity contribution in [3.8, 4) is 17.3 Å². The van der Waals surface area contributed by atoms with Crippen LogP contribution in [-0.4, -0.2) is 28.1 Å². The van der Waals surface area contributed by atoms with Gasteiger partial charge in [0.1, 0.15) is 12.4 Å². The van der Waals surface area contributed by atoms with Gasteiger partial charge in [-0.25, -0.2) is 15.0 Å². The minimum Gasteiger partial charge on any atom is -0.474 e. The molecule has 17 heavy (non-hydrogen) atoms. The van der Waals surface area contributed by atoms with Crippen LogP contribution in [-0.2, 0) is 0 Å². The summed E-state index contributed by atoms with van der Waals surface area (Å²) < 4.78 is 5.40. The van der Waals surface area contributed by atoms with Crippen molar-refractivity contribution in [1.82, 2.24) is 15.0 Å². The number of nitrogen functional groups attached to an aromatic ring is 1. The summed E-state index contributed by atoms with van der Waals surface area (Å²) in [5.41, 5.74) is 7.30. The highest BCUT2D eigenvalue weighted by molar-refractivity contribution is 5.66. The SMILES string of the molecule is Nc1ccnc(-c2cnc3c(c2)NCCO3)n1. The van der Waals surface area contributed by atoms with Gasteiger partial charge in [-0.3, -0.25) is 0 Å². The van der Waals surface area contributed by atoms with Gasteiger partial charge >= 0.3 is 0 Å². The van der Waals surface area contributed by atoms with E-state index in [9.17, 15) is 0 Å². The number of rotatable bonds is 1. The lowest BCUT2D eigenvalue weighted by molar-refractivity contribution is 0.310. The molecule has 0 aromatic carbocycles. The second-order valence-corrected chi connectivity index (χ2v) is 3.66. The molecule has 0 atom stereocenters. The van der Waals surface area contributed by atoms with Crippen LogP contribution in [0.4, 0.5) is 11.5 Å². The molecule has 6 heteroatoms. The van der Waals surface area contributed by atoms with Crippen LogP contribution in [0.25, 0.3) is 11.4 Å². The molecule has 86 valence electrons. The highest BCUT2D eigenvalue weighted by Gasteiger charge is 2.13. The van der Waals surface area contributed by atoms with Crippen molar-refractivity contribution in [1.29, 1.82) is 0 Å². The van der Waals surface area contributed by atoms with E-state index in [4.69, 9.17) is 10.5 Å². The Hall–Kier alpha value is -2.37. The molecule has 0 radical (unpaired) electrons. The second kappa shape index (κ2) is 3.89. The van der Waals surface area contributed by atoms with Crippen molar-refractivity contribution < 1.29 is 4.74 Å². The first kappa shape index (κ1) is 9.83. The molecule has 6 nitrogen and oxygen atoms in total. The fraction of sp³-hybridized carbons (Fsp3) is 0.182. The van der Waals surface area contributed by atoms with Crippen molar-refractivity contribution in [3.05, 3.63) is 24.5 Å². The van der Waals surface area contributed by atoms with Gasteiger partial charge in [0, 0.05) is 24.5 Å². The van der Waals surface area contributed by atoms with Crippen molar-refractivity contribution in [3.63, 3.8) is 0 Å². The molecular formula is C11H11N5O. The highest BCUT2D eigenvalue weighted by atomic mass is 16.5. The Kier molecular flexibility index (Phi) is 2.25. The zero-order chi connectivity index (χ0) is 11.7. The maximum atomic E-state index is 5.62. The summed E-state index contributed by atoms with van der Waals surface area (Å²) in [6.45, 7) is 1.41. The monoisotopic (exact) mass is 229 g/mol. The van der Waals surface area contributed by atoms with E-state index in [0.29, 0.717) is 24.1 Å². The number of ether oxygens (including phenoxy) is 1. The Labute approximate surface area is 97.9 Å². The zero-order valence-electron chi connectivity index (χ0n) is 9.05. The fourth-order valence-corrected chi connectivity index (χ4v) is 1.66. The van der Waals surface area contributed by atoms with Crippen LogP contribution in [0.1, 0.15) is 0 Å². The Morgan fingerprint density at radius 1 is 1.35 bits per heavy atom. The minimum absolute atomic E-state index is 0.442. The third kappa shape index (κ3) is 1.84. The van der Waals surface area contributed by atoms with Crippen LogP contribution in [0.3, 0.4) is 0 Å². The van der Waals surface area contributed by atoms with E-state index in [1.54, 1.807) is 18.5 Å². The summed E-state index contributed by atoms with van der Waals surface area (Å²) in [7, 11) is 0. The number of hydrogen-bond acceptors (Lipinski definition) is 6. The predicted octanol–water partition coefficient (Wildman–Crippen LogP) is 0.925. The molecule has 3 rings (SSSR count). The van der Waals surface area contributed by atoms with Crippen LogP contribution in [0, 0.1) is 0 Å². The smallest absolute Gasteiger partial charge is 0.237 e. The summed E-state index contributed by atoms with van der Waals surface area (Å²) in [6, 6.07) is 3.56. The quantitative estimate of drug-likeness (QED) is 0.756. The van der Waals surface area contributed by atoms with Crippen molar-refractivity contribution in [2.45, 2.75) is 0 Å². The summed E-state index contributed by atoms with van der Waals surface area (Å²) in [4.78, 5) is 12.5. The number of nitrogens with one attached hydrogen (secondary N) is 1. The Bertz CT molecular complexity index is 557. The maximum Gasteiger partial charge on any atom is 0.237 e. The fourth-order valence-electron chi connectivity index (χ4n) is 1.66. The maximum absolute atomic E-state index is 5.62. The predicted molar refractivity (Wildman–Crippen MR) is 63.7 cm³/mol. The zero-order valence-corrected chi connectivity index (χ0v) is 9.05. The summed E-state index contributed by atoms with van der Waals surface area (Å²) >= 11 is 0. The number of pyridine rings is 1. The topological polar surface area (TPSA) is 86.0 Å². The Balaban J connectivity index is 2.04. The van der Waals surface area contributed by atoms with Crippen LogP contribution in [0.2, 0.25) is 0 Å². The summed E-state index contributed by atoms with van der Waals surface area (Å²) in [6.07, 6.45) is 3.31. The van der Waals surface area contributed by atoms with Gasteiger partial charge in [0.2, 0.25) is 5.88 Å².